The fourth-order valence-corrected chi connectivity index (χ4v) is 2.97. The zero-order valence-corrected chi connectivity index (χ0v) is 15.1. The Morgan fingerprint density at radius 3 is 2.69 bits per heavy atom. The number of pyridine rings is 1. The predicted molar refractivity (Wildman–Crippen MR) is 97.7 cm³/mol. The van der Waals surface area contributed by atoms with Gasteiger partial charge in [0.15, 0.2) is 6.29 Å². The Hall–Kier alpha value is -2.73. The number of aldehydes is 1. The van der Waals surface area contributed by atoms with Crippen molar-refractivity contribution >= 4 is 17.9 Å². The van der Waals surface area contributed by atoms with E-state index in [1.807, 2.05) is 6.92 Å². The molecular formula is C19H17ClFN3O2. The summed E-state index contributed by atoms with van der Waals surface area (Å²) in [5.74, 6) is 0.499. The largest absolute Gasteiger partial charge is 0.481 e. The average molecular weight is 374 g/mol. The molecule has 134 valence electrons. The number of imidazole rings is 1. The van der Waals surface area contributed by atoms with Crippen molar-refractivity contribution in [1.82, 2.24) is 14.5 Å². The van der Waals surface area contributed by atoms with Gasteiger partial charge < -0.3 is 4.74 Å². The van der Waals surface area contributed by atoms with E-state index in [4.69, 9.17) is 16.3 Å². The lowest BCUT2D eigenvalue weighted by atomic mass is 10.1. The molecule has 0 aliphatic heterocycles. The molecule has 5 nitrogen and oxygen atoms in total. The van der Waals surface area contributed by atoms with Gasteiger partial charge in [-0.25, -0.2) is 14.4 Å². The van der Waals surface area contributed by atoms with Crippen molar-refractivity contribution in [3.63, 3.8) is 0 Å². The van der Waals surface area contributed by atoms with Crippen LogP contribution < -0.4 is 4.74 Å². The van der Waals surface area contributed by atoms with E-state index in [0.717, 1.165) is 6.42 Å². The highest BCUT2D eigenvalue weighted by atomic mass is 35.5. The van der Waals surface area contributed by atoms with E-state index in [9.17, 15) is 9.18 Å². The highest BCUT2D eigenvalue weighted by Crippen LogP contribution is 2.30. The van der Waals surface area contributed by atoms with E-state index >= 15 is 0 Å². The van der Waals surface area contributed by atoms with Crippen molar-refractivity contribution in [3.05, 3.63) is 58.8 Å². The monoisotopic (exact) mass is 373 g/mol. The van der Waals surface area contributed by atoms with Gasteiger partial charge in [0.2, 0.25) is 5.88 Å². The molecule has 0 saturated carbocycles. The fourth-order valence-electron chi connectivity index (χ4n) is 2.71. The molecule has 3 rings (SSSR count). The molecule has 0 saturated heterocycles. The van der Waals surface area contributed by atoms with Gasteiger partial charge in [-0.1, -0.05) is 37.1 Å². The van der Waals surface area contributed by atoms with Gasteiger partial charge in [-0.05, 0) is 24.1 Å². The summed E-state index contributed by atoms with van der Waals surface area (Å²) in [5, 5.41) is 0.139. The van der Waals surface area contributed by atoms with E-state index < -0.39 is 0 Å². The summed E-state index contributed by atoms with van der Waals surface area (Å²) in [4.78, 5) is 19.7. The van der Waals surface area contributed by atoms with Crippen LogP contribution in [0.2, 0.25) is 5.15 Å². The minimum absolute atomic E-state index is 0.0792. The van der Waals surface area contributed by atoms with Crippen molar-refractivity contribution < 1.29 is 13.9 Å². The van der Waals surface area contributed by atoms with Crippen LogP contribution in [0.3, 0.4) is 0 Å². The van der Waals surface area contributed by atoms with Gasteiger partial charge >= 0.3 is 0 Å². The second-order valence-electron chi connectivity index (χ2n) is 5.68. The number of nitrogens with zero attached hydrogens (tertiary/aromatic N) is 3. The first-order chi connectivity index (χ1) is 12.6. The van der Waals surface area contributed by atoms with Crippen LogP contribution in [0.4, 0.5) is 4.39 Å². The first kappa shape index (κ1) is 18.1. The SMILES string of the molecule is CCCc1ccc(-c2nc(C=O)c(Cl)n2-c2ccc(OC)nc2)cc1F. The van der Waals surface area contributed by atoms with Gasteiger partial charge in [-0.3, -0.25) is 9.36 Å². The Morgan fingerprint density at radius 1 is 1.31 bits per heavy atom. The molecule has 0 N–H and O–H groups in total. The van der Waals surface area contributed by atoms with E-state index in [1.165, 1.54) is 13.2 Å². The Kier molecular flexibility index (Phi) is 5.32. The van der Waals surface area contributed by atoms with Gasteiger partial charge in [0.25, 0.3) is 0 Å². The predicted octanol–water partition coefficient (Wildman–Crippen LogP) is 4.50. The van der Waals surface area contributed by atoms with Crippen LogP contribution in [0, 0.1) is 5.82 Å². The molecule has 7 heteroatoms. The third-order valence-corrected chi connectivity index (χ3v) is 4.34. The van der Waals surface area contributed by atoms with Crippen molar-refractivity contribution in [2.75, 3.05) is 7.11 Å². The van der Waals surface area contributed by atoms with Crippen molar-refractivity contribution in [1.29, 1.82) is 0 Å². The number of ether oxygens (including phenoxy) is 1. The van der Waals surface area contributed by atoms with Gasteiger partial charge in [0.05, 0.1) is 19.0 Å². The van der Waals surface area contributed by atoms with Crippen LogP contribution in [0.5, 0.6) is 5.88 Å². The molecule has 26 heavy (non-hydrogen) atoms. The summed E-state index contributed by atoms with van der Waals surface area (Å²) in [6.07, 6.45) is 3.63. The average Bonchev–Trinajstić information content (AvgIpc) is 3.00. The van der Waals surface area contributed by atoms with Gasteiger partial charge in [-0.2, -0.15) is 0 Å². The number of benzene rings is 1. The summed E-state index contributed by atoms with van der Waals surface area (Å²) in [7, 11) is 1.52. The van der Waals surface area contributed by atoms with Crippen LogP contribution >= 0.6 is 11.6 Å². The summed E-state index contributed by atoms with van der Waals surface area (Å²) >= 11 is 6.32. The number of hydrogen-bond acceptors (Lipinski definition) is 4. The molecule has 0 unspecified atom stereocenters. The molecule has 0 radical (unpaired) electrons. The molecule has 3 aromatic rings. The van der Waals surface area contributed by atoms with Crippen LogP contribution in [-0.2, 0) is 6.42 Å². The zero-order valence-electron chi connectivity index (χ0n) is 14.4. The number of aryl methyl sites for hydroxylation is 1. The van der Waals surface area contributed by atoms with E-state index in [1.54, 1.807) is 35.0 Å². The number of rotatable bonds is 6. The summed E-state index contributed by atoms with van der Waals surface area (Å²) < 4.78 is 21.0. The van der Waals surface area contributed by atoms with Gasteiger partial charge in [-0.15, -0.1) is 0 Å². The Bertz CT molecular complexity index is 939. The third kappa shape index (κ3) is 3.32. The van der Waals surface area contributed by atoms with Crippen LogP contribution in [0.15, 0.2) is 36.5 Å². The lowest BCUT2D eigenvalue weighted by molar-refractivity contribution is 0.111. The first-order valence-electron chi connectivity index (χ1n) is 8.11. The molecule has 0 fully saturated rings. The minimum atomic E-state index is -0.310. The van der Waals surface area contributed by atoms with Gasteiger partial charge in [0.1, 0.15) is 22.5 Å². The summed E-state index contributed by atoms with van der Waals surface area (Å²) in [6, 6.07) is 8.31. The Morgan fingerprint density at radius 2 is 2.12 bits per heavy atom. The highest BCUT2D eigenvalue weighted by Gasteiger charge is 2.19. The lowest BCUT2D eigenvalue weighted by Crippen LogP contribution is -2.00. The molecule has 1 aromatic carbocycles. The number of halogens is 2. The molecule has 2 aromatic heterocycles. The number of aromatic nitrogens is 3. The highest BCUT2D eigenvalue weighted by molar-refractivity contribution is 6.32. The molecule has 0 bridgehead atoms. The van der Waals surface area contributed by atoms with E-state index in [2.05, 4.69) is 9.97 Å². The van der Waals surface area contributed by atoms with Crippen molar-refractivity contribution in [3.8, 4) is 23.0 Å². The molecule has 2 heterocycles. The van der Waals surface area contributed by atoms with Crippen LogP contribution in [0.25, 0.3) is 17.1 Å². The molecule has 0 aliphatic rings. The summed E-state index contributed by atoms with van der Waals surface area (Å²) in [6.45, 7) is 1.99. The van der Waals surface area contributed by atoms with Crippen molar-refractivity contribution in [2.24, 2.45) is 0 Å². The Labute approximate surface area is 155 Å². The van der Waals surface area contributed by atoms with E-state index in [0.29, 0.717) is 41.2 Å². The lowest BCUT2D eigenvalue weighted by Gasteiger charge is -2.10. The molecule has 0 atom stereocenters. The van der Waals surface area contributed by atoms with Crippen molar-refractivity contribution in [2.45, 2.75) is 19.8 Å². The topological polar surface area (TPSA) is 57.0 Å². The number of hydrogen-bond donors (Lipinski definition) is 0. The molecular weight excluding hydrogens is 357 g/mol. The smallest absolute Gasteiger partial charge is 0.213 e. The molecule has 0 amide bonds. The molecule has 0 aliphatic carbocycles. The number of carbonyl (C=O) groups excluding carboxylic acids is 1. The maximum atomic E-state index is 14.4. The van der Waals surface area contributed by atoms with Crippen LogP contribution in [0.1, 0.15) is 29.4 Å². The summed E-state index contributed by atoms with van der Waals surface area (Å²) in [5.41, 5.74) is 1.83. The maximum Gasteiger partial charge on any atom is 0.213 e. The zero-order chi connectivity index (χ0) is 18.7. The standard InChI is InChI=1S/C19H17ClFN3O2/c1-3-4-12-5-6-13(9-15(12)21)19-23-16(11-25)18(20)24(19)14-7-8-17(26-2)22-10-14/h5-11H,3-4H2,1-2H3. The Balaban J connectivity index is 2.15. The van der Waals surface area contributed by atoms with E-state index in [-0.39, 0.29) is 16.7 Å². The fraction of sp³-hybridized carbons (Fsp3) is 0.211. The van der Waals surface area contributed by atoms with Gasteiger partial charge in [0, 0.05) is 11.6 Å². The number of carbonyl (C=O) groups is 1. The second-order valence-corrected chi connectivity index (χ2v) is 6.04. The third-order valence-electron chi connectivity index (χ3n) is 3.98. The molecule has 0 spiro atoms. The van der Waals surface area contributed by atoms with Crippen LogP contribution in [-0.4, -0.2) is 27.9 Å². The number of methoxy groups -OCH3 is 1. The minimum Gasteiger partial charge on any atom is -0.481 e. The second kappa shape index (κ2) is 7.66. The first-order valence-corrected chi connectivity index (χ1v) is 8.49. The normalized spacial score (nSPS) is 10.8. The quantitative estimate of drug-likeness (QED) is 0.597. The maximum absolute atomic E-state index is 14.4.